The van der Waals surface area contributed by atoms with E-state index in [0.717, 1.165) is 12.4 Å². The van der Waals surface area contributed by atoms with Crippen molar-refractivity contribution >= 4 is 18.1 Å². The van der Waals surface area contributed by atoms with Crippen LogP contribution in [0.1, 0.15) is 35.4 Å². The molecule has 3 rings (SSSR count). The molecule has 1 aromatic carbocycles. The molecule has 0 aliphatic carbocycles. The number of benzene rings is 1. The number of aromatic nitrogens is 2. The molecule has 0 unspecified atom stereocenters. The normalized spacial score (nSPS) is 15.8. The van der Waals surface area contributed by atoms with E-state index >= 15 is 0 Å². The molecular formula is C21H27F2N5O5. The van der Waals surface area contributed by atoms with Crippen LogP contribution >= 0.6 is 0 Å². The number of rotatable bonds is 8. The first-order chi connectivity index (χ1) is 15.9. The molecule has 2 heterocycles. The van der Waals surface area contributed by atoms with Gasteiger partial charge in [0.05, 0.1) is 12.7 Å². The SMILES string of the molecule is CC=O.CNC(=O)c1noc(CCC(=O)NC[C@H]2CN(Cc3ccc(F)c(F)c3)CCO2)n1. The van der Waals surface area contributed by atoms with Crippen LogP contribution in [0, 0.1) is 11.6 Å². The minimum absolute atomic E-state index is 0.0790. The van der Waals surface area contributed by atoms with Gasteiger partial charge in [0.25, 0.3) is 11.7 Å². The maximum atomic E-state index is 13.4. The van der Waals surface area contributed by atoms with Gasteiger partial charge >= 0.3 is 0 Å². The topological polar surface area (TPSA) is 127 Å². The van der Waals surface area contributed by atoms with Crippen LogP contribution in [0.5, 0.6) is 0 Å². The number of aryl methyl sites for hydroxylation is 1. The van der Waals surface area contributed by atoms with E-state index in [1.165, 1.54) is 20.0 Å². The van der Waals surface area contributed by atoms with Crippen molar-refractivity contribution in [2.24, 2.45) is 0 Å². The number of amides is 2. The first-order valence-corrected chi connectivity index (χ1v) is 10.3. The van der Waals surface area contributed by atoms with E-state index in [1.807, 2.05) is 0 Å². The molecule has 0 radical (unpaired) electrons. The van der Waals surface area contributed by atoms with Crippen molar-refractivity contribution in [1.82, 2.24) is 25.7 Å². The van der Waals surface area contributed by atoms with Crippen LogP contribution in [0.4, 0.5) is 8.78 Å². The molecule has 10 nitrogen and oxygen atoms in total. The Morgan fingerprint density at radius 1 is 1.30 bits per heavy atom. The minimum atomic E-state index is -0.869. The average molecular weight is 467 g/mol. The lowest BCUT2D eigenvalue weighted by atomic mass is 10.1. The minimum Gasteiger partial charge on any atom is -0.374 e. The predicted molar refractivity (Wildman–Crippen MR) is 112 cm³/mol. The number of aldehydes is 1. The highest BCUT2D eigenvalue weighted by Crippen LogP contribution is 2.13. The molecule has 1 fully saturated rings. The lowest BCUT2D eigenvalue weighted by Crippen LogP contribution is -2.47. The first-order valence-electron chi connectivity index (χ1n) is 10.3. The molecule has 1 atom stereocenters. The molecule has 0 bridgehead atoms. The van der Waals surface area contributed by atoms with Crippen LogP contribution in [0.2, 0.25) is 0 Å². The predicted octanol–water partition coefficient (Wildman–Crippen LogP) is 0.862. The number of ether oxygens (including phenoxy) is 1. The Kier molecular flexibility index (Phi) is 10.5. The van der Waals surface area contributed by atoms with Gasteiger partial charge in [0.2, 0.25) is 11.8 Å². The van der Waals surface area contributed by atoms with Gasteiger partial charge in [-0.15, -0.1) is 0 Å². The zero-order chi connectivity index (χ0) is 24.2. The lowest BCUT2D eigenvalue weighted by molar-refractivity contribution is -0.122. The average Bonchev–Trinajstić information content (AvgIpc) is 3.28. The van der Waals surface area contributed by atoms with Crippen molar-refractivity contribution in [2.75, 3.05) is 33.3 Å². The lowest BCUT2D eigenvalue weighted by Gasteiger charge is -2.33. The molecular weight excluding hydrogens is 440 g/mol. The van der Waals surface area contributed by atoms with Gasteiger partial charge in [-0.3, -0.25) is 14.5 Å². The number of nitrogens with one attached hydrogen (secondary N) is 2. The van der Waals surface area contributed by atoms with E-state index in [1.54, 1.807) is 6.07 Å². The van der Waals surface area contributed by atoms with Gasteiger partial charge < -0.3 is 24.7 Å². The highest BCUT2D eigenvalue weighted by atomic mass is 19.2. The van der Waals surface area contributed by atoms with Gasteiger partial charge in [-0.2, -0.15) is 4.98 Å². The number of carbonyl (C=O) groups excluding carboxylic acids is 3. The number of hydrogen-bond donors (Lipinski definition) is 2. The Hall–Kier alpha value is -3.25. The zero-order valence-corrected chi connectivity index (χ0v) is 18.5. The van der Waals surface area contributed by atoms with Crippen molar-refractivity contribution in [1.29, 1.82) is 0 Å². The summed E-state index contributed by atoms with van der Waals surface area (Å²) in [6.07, 6.45) is 0.876. The van der Waals surface area contributed by atoms with Crippen LogP contribution in [0.25, 0.3) is 0 Å². The molecule has 0 spiro atoms. The Morgan fingerprint density at radius 3 is 2.76 bits per heavy atom. The van der Waals surface area contributed by atoms with Gasteiger partial charge in [-0.1, -0.05) is 11.2 Å². The largest absolute Gasteiger partial charge is 0.374 e. The fourth-order valence-electron chi connectivity index (χ4n) is 3.04. The van der Waals surface area contributed by atoms with E-state index in [-0.39, 0.29) is 36.6 Å². The summed E-state index contributed by atoms with van der Waals surface area (Å²) in [6, 6.07) is 3.86. The van der Waals surface area contributed by atoms with E-state index in [0.29, 0.717) is 38.3 Å². The van der Waals surface area contributed by atoms with Crippen LogP contribution in [0.3, 0.4) is 0 Å². The Bertz CT molecular complexity index is 940. The van der Waals surface area contributed by atoms with E-state index in [4.69, 9.17) is 14.1 Å². The van der Waals surface area contributed by atoms with Crippen molar-refractivity contribution in [3.8, 4) is 0 Å². The summed E-state index contributed by atoms with van der Waals surface area (Å²) in [6.45, 7) is 3.93. The first kappa shape index (κ1) is 26.0. The Labute approximate surface area is 189 Å². The highest BCUT2D eigenvalue weighted by molar-refractivity contribution is 5.89. The fraction of sp³-hybridized carbons (Fsp3) is 0.476. The monoisotopic (exact) mass is 467 g/mol. The van der Waals surface area contributed by atoms with Crippen LogP contribution in [-0.4, -0.2) is 72.5 Å². The van der Waals surface area contributed by atoms with E-state index in [9.17, 15) is 18.4 Å². The summed E-state index contributed by atoms with van der Waals surface area (Å²) in [5, 5.41) is 8.72. The third-order valence-corrected chi connectivity index (χ3v) is 4.60. The molecule has 2 aromatic rings. The van der Waals surface area contributed by atoms with Gasteiger partial charge in [0, 0.05) is 46.1 Å². The van der Waals surface area contributed by atoms with Gasteiger partial charge in [0.15, 0.2) is 11.6 Å². The van der Waals surface area contributed by atoms with Crippen LogP contribution in [-0.2, 0) is 27.3 Å². The molecule has 1 aromatic heterocycles. The zero-order valence-electron chi connectivity index (χ0n) is 18.5. The molecule has 0 saturated carbocycles. The molecule has 2 amide bonds. The second-order valence-corrected chi connectivity index (χ2v) is 7.11. The summed E-state index contributed by atoms with van der Waals surface area (Å²) in [4.78, 5) is 38.2. The van der Waals surface area contributed by atoms with Crippen LogP contribution < -0.4 is 10.6 Å². The quantitative estimate of drug-likeness (QED) is 0.548. The van der Waals surface area contributed by atoms with Gasteiger partial charge in [0.1, 0.15) is 6.29 Å². The molecule has 1 aliphatic rings. The van der Waals surface area contributed by atoms with Crippen molar-refractivity contribution in [2.45, 2.75) is 32.4 Å². The fourth-order valence-corrected chi connectivity index (χ4v) is 3.04. The summed E-state index contributed by atoms with van der Waals surface area (Å²) in [7, 11) is 1.46. The summed E-state index contributed by atoms with van der Waals surface area (Å²) in [5.74, 6) is -2.28. The standard InChI is InChI=1S/C19H23F2N5O4.C2H4O/c1-22-19(28)18-24-17(30-25-18)5-4-16(27)23-9-13-11-26(6-7-29-13)10-12-2-3-14(20)15(21)8-12;1-2-3/h2-3,8,13H,4-7,9-11H2,1H3,(H,22,28)(H,23,27);2H,1H3/t13-;/m0./s1. The number of hydrogen-bond acceptors (Lipinski definition) is 8. The Balaban J connectivity index is 0.00000122. The molecule has 1 saturated heterocycles. The molecule has 180 valence electrons. The maximum Gasteiger partial charge on any atom is 0.292 e. The highest BCUT2D eigenvalue weighted by Gasteiger charge is 2.22. The summed E-state index contributed by atoms with van der Waals surface area (Å²) in [5.41, 5.74) is 0.675. The van der Waals surface area contributed by atoms with E-state index in [2.05, 4.69) is 25.7 Å². The van der Waals surface area contributed by atoms with E-state index < -0.39 is 17.5 Å². The van der Waals surface area contributed by atoms with Crippen LogP contribution in [0.15, 0.2) is 22.7 Å². The summed E-state index contributed by atoms with van der Waals surface area (Å²) < 4.78 is 37.0. The van der Waals surface area contributed by atoms with Crippen molar-refractivity contribution < 1.29 is 32.4 Å². The smallest absolute Gasteiger partial charge is 0.292 e. The second kappa shape index (κ2) is 13.3. The van der Waals surface area contributed by atoms with Crippen molar-refractivity contribution in [3.05, 3.63) is 47.1 Å². The van der Waals surface area contributed by atoms with Gasteiger partial charge in [-0.05, 0) is 24.6 Å². The number of halogens is 2. The molecule has 2 N–H and O–H groups in total. The van der Waals surface area contributed by atoms with Gasteiger partial charge in [-0.25, -0.2) is 8.78 Å². The third kappa shape index (κ3) is 8.66. The maximum absolute atomic E-state index is 13.4. The van der Waals surface area contributed by atoms with Crippen molar-refractivity contribution in [3.63, 3.8) is 0 Å². The number of nitrogens with zero attached hydrogens (tertiary/aromatic N) is 3. The molecule has 12 heteroatoms. The Morgan fingerprint density at radius 2 is 2.06 bits per heavy atom. The molecule has 33 heavy (non-hydrogen) atoms. The summed E-state index contributed by atoms with van der Waals surface area (Å²) >= 11 is 0. The third-order valence-electron chi connectivity index (χ3n) is 4.60. The number of morpholine rings is 1. The number of carbonyl (C=O) groups is 3. The second-order valence-electron chi connectivity index (χ2n) is 7.11. The molecule has 1 aliphatic heterocycles.